The molecule has 4 aromatic carbocycles. The van der Waals surface area contributed by atoms with E-state index in [1.807, 2.05) is 29.2 Å². The van der Waals surface area contributed by atoms with Crippen molar-refractivity contribution in [3.05, 3.63) is 107 Å². The zero-order valence-electron chi connectivity index (χ0n) is 24.9. The van der Waals surface area contributed by atoms with E-state index in [0.717, 1.165) is 78.9 Å². The minimum Gasteiger partial charge on any atom is -0.384 e. The lowest BCUT2D eigenvalue weighted by Gasteiger charge is -2.26. The van der Waals surface area contributed by atoms with E-state index in [2.05, 4.69) is 77.6 Å². The number of rotatable bonds is 10. The fourth-order valence-corrected chi connectivity index (χ4v) is 6.29. The van der Waals surface area contributed by atoms with Crippen molar-refractivity contribution in [3.63, 3.8) is 0 Å². The molecule has 43 heavy (non-hydrogen) atoms. The quantitative estimate of drug-likeness (QED) is 0.139. The Bertz CT molecular complexity index is 1740. The van der Waals surface area contributed by atoms with Crippen LogP contribution in [0, 0.1) is 11.3 Å². The van der Waals surface area contributed by atoms with Crippen LogP contribution in [0.4, 0.5) is 5.69 Å². The first-order valence-corrected chi connectivity index (χ1v) is 15.3. The van der Waals surface area contributed by atoms with Crippen LogP contribution < -0.4 is 16.0 Å². The van der Waals surface area contributed by atoms with Crippen molar-refractivity contribution in [2.45, 2.75) is 45.1 Å². The minimum atomic E-state index is 0.0805. The lowest BCUT2D eigenvalue weighted by atomic mass is 9.93. The summed E-state index contributed by atoms with van der Waals surface area (Å²) in [6.45, 7) is 2.61. The number of aryl methyl sites for hydroxylation is 3. The molecule has 4 N–H and O–H groups in total. The maximum absolute atomic E-state index is 13.9. The molecule has 0 spiro atoms. The smallest absolute Gasteiger partial charge is 0.227 e. The Morgan fingerprint density at radius 2 is 1.77 bits per heavy atom. The Morgan fingerprint density at radius 1 is 1.00 bits per heavy atom. The molecule has 0 atom stereocenters. The molecular weight excluding hydrogens is 532 g/mol. The molecule has 7 nitrogen and oxygen atoms in total. The average Bonchev–Trinajstić information content (AvgIpc) is 3.36. The molecule has 1 saturated heterocycles. The van der Waals surface area contributed by atoms with Crippen LogP contribution in [0.2, 0.25) is 0 Å². The van der Waals surface area contributed by atoms with Gasteiger partial charge in [0.25, 0.3) is 0 Å². The van der Waals surface area contributed by atoms with Gasteiger partial charge in [-0.05, 0) is 84.8 Å². The number of amidine groups is 1. The Kier molecular flexibility index (Phi) is 8.52. The van der Waals surface area contributed by atoms with E-state index < -0.39 is 0 Å². The van der Waals surface area contributed by atoms with Gasteiger partial charge in [-0.25, -0.2) is 4.98 Å². The van der Waals surface area contributed by atoms with Gasteiger partial charge in [-0.1, -0.05) is 66.7 Å². The van der Waals surface area contributed by atoms with Crippen LogP contribution in [0.15, 0.2) is 84.9 Å². The molecule has 0 saturated carbocycles. The lowest BCUT2D eigenvalue weighted by molar-refractivity contribution is -0.119. The predicted octanol–water partition coefficient (Wildman–Crippen LogP) is 6.11. The van der Waals surface area contributed by atoms with Crippen LogP contribution in [0.3, 0.4) is 0 Å². The summed E-state index contributed by atoms with van der Waals surface area (Å²) in [6, 6.07) is 28.8. The van der Waals surface area contributed by atoms with Gasteiger partial charge < -0.3 is 20.5 Å². The van der Waals surface area contributed by atoms with Gasteiger partial charge in [0, 0.05) is 31.1 Å². The maximum Gasteiger partial charge on any atom is 0.227 e. The van der Waals surface area contributed by atoms with Gasteiger partial charge in [-0.15, -0.1) is 0 Å². The third-order valence-electron chi connectivity index (χ3n) is 8.91. The van der Waals surface area contributed by atoms with Gasteiger partial charge in [0.05, 0.1) is 17.6 Å². The summed E-state index contributed by atoms with van der Waals surface area (Å²) in [6.07, 6.45) is 5.37. The summed E-state index contributed by atoms with van der Waals surface area (Å²) in [4.78, 5) is 20.9. The van der Waals surface area contributed by atoms with Crippen molar-refractivity contribution >= 4 is 39.2 Å². The average molecular weight is 573 g/mol. The summed E-state index contributed by atoms with van der Waals surface area (Å²) in [7, 11) is 2.06. The molecule has 0 aliphatic carbocycles. The molecule has 0 radical (unpaired) electrons. The first-order valence-electron chi connectivity index (χ1n) is 15.3. The van der Waals surface area contributed by atoms with Crippen LogP contribution in [0.25, 0.3) is 21.8 Å². The van der Waals surface area contributed by atoms with Gasteiger partial charge in [-0.3, -0.25) is 10.2 Å². The Labute approximate surface area is 253 Å². The van der Waals surface area contributed by atoms with Crippen LogP contribution in [-0.2, 0) is 31.2 Å². The van der Waals surface area contributed by atoms with Crippen molar-refractivity contribution in [2.24, 2.45) is 18.7 Å². The second-order valence-electron chi connectivity index (χ2n) is 11.7. The summed E-state index contributed by atoms with van der Waals surface area (Å²) in [5.41, 5.74) is 11.5. The minimum absolute atomic E-state index is 0.0805. The third kappa shape index (κ3) is 6.47. The van der Waals surface area contributed by atoms with Crippen LogP contribution in [-0.4, -0.2) is 34.4 Å². The summed E-state index contributed by atoms with van der Waals surface area (Å²) in [5, 5.41) is 13.4. The SMILES string of the molecule is Cn1c(CCc2ccc(C(=N)N)cc2)nc2cc(N(Cc3cccc4ccccc34)C(=O)CCC3CCNCC3)ccc21. The molecule has 7 heteroatoms. The number of benzene rings is 4. The topological polar surface area (TPSA) is 100 Å². The molecule has 1 aromatic heterocycles. The third-order valence-corrected chi connectivity index (χ3v) is 8.91. The monoisotopic (exact) mass is 572 g/mol. The first-order chi connectivity index (χ1) is 21.0. The Morgan fingerprint density at radius 3 is 2.56 bits per heavy atom. The summed E-state index contributed by atoms with van der Waals surface area (Å²) < 4.78 is 2.15. The number of hydrogen-bond donors (Lipinski definition) is 3. The number of nitrogens with zero attached hydrogens (tertiary/aromatic N) is 3. The number of nitrogen functional groups attached to an aromatic ring is 1. The highest BCUT2D eigenvalue weighted by atomic mass is 16.2. The van der Waals surface area contributed by atoms with E-state index in [1.165, 1.54) is 16.3 Å². The van der Waals surface area contributed by atoms with E-state index in [9.17, 15) is 4.79 Å². The number of fused-ring (bicyclic) bond motifs is 2. The number of carbonyl (C=O) groups is 1. The molecule has 0 bridgehead atoms. The van der Waals surface area contributed by atoms with Crippen LogP contribution >= 0.6 is 0 Å². The van der Waals surface area contributed by atoms with Crippen molar-refractivity contribution in [1.82, 2.24) is 14.9 Å². The number of aromatic nitrogens is 2. The molecule has 2 heterocycles. The van der Waals surface area contributed by atoms with Gasteiger partial charge >= 0.3 is 0 Å². The van der Waals surface area contributed by atoms with Gasteiger partial charge in [0.1, 0.15) is 11.7 Å². The van der Waals surface area contributed by atoms with Crippen molar-refractivity contribution < 1.29 is 4.79 Å². The number of hydrogen-bond acceptors (Lipinski definition) is 4. The molecule has 0 unspecified atom stereocenters. The number of anilines is 1. The molecule has 1 aliphatic rings. The standard InChI is InChI=1S/C36H40N6O/c1-41-33-16-15-30(23-32(33)40-34(41)17-11-25-9-13-28(14-10-25)36(37)38)42(35(43)18-12-26-19-21-39-22-20-26)24-29-7-4-6-27-5-2-3-8-31(27)29/h2-10,13-16,23,26,39H,11-12,17-22,24H2,1H3,(H3,37,38). The predicted molar refractivity (Wildman–Crippen MR) is 176 cm³/mol. The van der Waals surface area contributed by atoms with E-state index in [-0.39, 0.29) is 11.7 Å². The fraction of sp³-hybridized carbons (Fsp3) is 0.306. The highest BCUT2D eigenvalue weighted by molar-refractivity contribution is 5.96. The van der Waals surface area contributed by atoms with E-state index in [0.29, 0.717) is 18.9 Å². The number of piperidine rings is 1. The zero-order chi connectivity index (χ0) is 29.8. The highest BCUT2D eigenvalue weighted by Gasteiger charge is 2.21. The van der Waals surface area contributed by atoms with Gasteiger partial charge in [0.15, 0.2) is 0 Å². The van der Waals surface area contributed by atoms with Gasteiger partial charge in [-0.2, -0.15) is 0 Å². The number of imidazole rings is 1. The molecule has 6 rings (SSSR count). The first kappa shape index (κ1) is 28.6. The summed E-state index contributed by atoms with van der Waals surface area (Å²) in [5.74, 6) is 1.85. The Hall–Kier alpha value is -4.49. The second-order valence-corrected chi connectivity index (χ2v) is 11.7. The normalized spacial score (nSPS) is 13.9. The zero-order valence-corrected chi connectivity index (χ0v) is 24.9. The second kappa shape index (κ2) is 12.8. The molecule has 1 amide bonds. The molecular formula is C36H40N6O. The van der Waals surface area contributed by atoms with Gasteiger partial charge in [0.2, 0.25) is 5.91 Å². The summed E-state index contributed by atoms with van der Waals surface area (Å²) >= 11 is 0. The van der Waals surface area contributed by atoms with Crippen molar-refractivity contribution in [3.8, 4) is 0 Å². The number of nitrogens with two attached hydrogens (primary N) is 1. The molecule has 1 fully saturated rings. The molecule has 1 aliphatic heterocycles. The maximum atomic E-state index is 13.9. The van der Waals surface area contributed by atoms with Crippen LogP contribution in [0.5, 0.6) is 0 Å². The number of nitrogens with one attached hydrogen (secondary N) is 2. The number of carbonyl (C=O) groups excluding carboxylic acids is 1. The van der Waals surface area contributed by atoms with Crippen LogP contribution in [0.1, 0.15) is 48.2 Å². The van der Waals surface area contributed by atoms with E-state index in [4.69, 9.17) is 16.1 Å². The molecule has 220 valence electrons. The van der Waals surface area contributed by atoms with Crippen molar-refractivity contribution in [2.75, 3.05) is 18.0 Å². The fourth-order valence-electron chi connectivity index (χ4n) is 6.29. The largest absolute Gasteiger partial charge is 0.384 e. The van der Waals surface area contributed by atoms with E-state index in [1.54, 1.807) is 0 Å². The molecule has 5 aromatic rings. The van der Waals surface area contributed by atoms with Crippen molar-refractivity contribution in [1.29, 1.82) is 5.41 Å². The van der Waals surface area contributed by atoms with E-state index >= 15 is 0 Å². The highest BCUT2D eigenvalue weighted by Crippen LogP contribution is 2.29. The number of amides is 1. The Balaban J connectivity index is 1.26. The lowest BCUT2D eigenvalue weighted by Crippen LogP contribution is -2.32.